The van der Waals surface area contributed by atoms with E-state index in [1.807, 2.05) is 0 Å². The quantitative estimate of drug-likeness (QED) is 0.374. The van der Waals surface area contributed by atoms with Crippen LogP contribution in [0.4, 0.5) is 0 Å². The van der Waals surface area contributed by atoms with Gasteiger partial charge in [0.1, 0.15) is 36.1 Å². The van der Waals surface area contributed by atoms with Gasteiger partial charge in [-0.1, -0.05) is 19.1 Å². The number of aromatic amines is 1. The number of rotatable bonds is 9. The molecule has 0 saturated carbocycles. The molecule has 14 heteroatoms. The maximum atomic E-state index is 12.5. The van der Waals surface area contributed by atoms with Crippen LogP contribution in [0.15, 0.2) is 28.8 Å². The molecule has 0 saturated heterocycles. The SMILES string of the molecule is CC(C)[C@H](NC(=O)Cn1cn[nH]c1=O)C(=O)OCc1cn(-c2ccsc2C(=O)O)nn1. The largest absolute Gasteiger partial charge is 0.477 e. The maximum Gasteiger partial charge on any atom is 0.348 e. The molecule has 1 amide bonds. The summed E-state index contributed by atoms with van der Waals surface area (Å²) in [6.07, 6.45) is 2.63. The molecule has 3 rings (SSSR count). The van der Waals surface area contributed by atoms with Crippen molar-refractivity contribution in [2.45, 2.75) is 33.0 Å². The van der Waals surface area contributed by atoms with Crippen LogP contribution in [-0.4, -0.2) is 58.8 Å². The second-order valence-corrected chi connectivity index (χ2v) is 7.70. The van der Waals surface area contributed by atoms with E-state index in [1.54, 1.807) is 25.3 Å². The number of nitrogens with zero attached hydrogens (tertiary/aromatic N) is 5. The van der Waals surface area contributed by atoms with Gasteiger partial charge in [0.25, 0.3) is 0 Å². The Balaban J connectivity index is 1.60. The third kappa shape index (κ3) is 5.22. The molecule has 0 aromatic carbocycles. The van der Waals surface area contributed by atoms with Gasteiger partial charge in [0.15, 0.2) is 0 Å². The Hall–Kier alpha value is -3.81. The van der Waals surface area contributed by atoms with Gasteiger partial charge >= 0.3 is 17.6 Å². The average molecular weight is 449 g/mol. The van der Waals surface area contributed by atoms with E-state index >= 15 is 0 Å². The number of hydrogen-bond acceptors (Lipinski definition) is 9. The maximum absolute atomic E-state index is 12.5. The van der Waals surface area contributed by atoms with E-state index in [4.69, 9.17) is 4.74 Å². The summed E-state index contributed by atoms with van der Waals surface area (Å²) in [5, 5.41) is 26.8. The zero-order valence-corrected chi connectivity index (χ0v) is 17.3. The summed E-state index contributed by atoms with van der Waals surface area (Å²) in [5.74, 6) is -2.60. The van der Waals surface area contributed by atoms with Crippen LogP contribution in [0.5, 0.6) is 0 Å². The summed E-state index contributed by atoms with van der Waals surface area (Å²) in [5.41, 5.74) is 0.109. The first-order chi connectivity index (χ1) is 14.8. The number of H-pyrrole nitrogens is 1. The Morgan fingerprint density at radius 3 is 2.77 bits per heavy atom. The van der Waals surface area contributed by atoms with Crippen molar-refractivity contribution in [3.8, 4) is 5.69 Å². The smallest absolute Gasteiger partial charge is 0.348 e. The molecule has 0 bridgehead atoms. The lowest BCUT2D eigenvalue weighted by Crippen LogP contribution is -2.46. The predicted molar refractivity (Wildman–Crippen MR) is 106 cm³/mol. The molecule has 13 nitrogen and oxygen atoms in total. The standard InChI is InChI=1S/C17H19N7O6S/c1-9(2)13(19-12(25)6-23-8-18-21-17(23)29)16(28)30-7-10-5-24(22-20-10)11-3-4-31-14(11)15(26)27/h3-5,8-9,13H,6-7H2,1-2H3,(H,19,25)(H,21,29)(H,26,27)/t13-/m0/s1. The van der Waals surface area contributed by atoms with Gasteiger partial charge in [0, 0.05) is 0 Å². The first kappa shape index (κ1) is 21.9. The van der Waals surface area contributed by atoms with Gasteiger partial charge in [-0.3, -0.25) is 9.36 Å². The van der Waals surface area contributed by atoms with Gasteiger partial charge in [0.2, 0.25) is 5.91 Å². The Morgan fingerprint density at radius 1 is 1.35 bits per heavy atom. The molecule has 3 N–H and O–H groups in total. The molecule has 3 aromatic rings. The van der Waals surface area contributed by atoms with Crippen molar-refractivity contribution in [3.05, 3.63) is 45.0 Å². The molecule has 0 aliphatic rings. The molecule has 0 unspecified atom stereocenters. The van der Waals surface area contributed by atoms with E-state index in [9.17, 15) is 24.3 Å². The number of ether oxygens (including phenoxy) is 1. The number of carbonyl (C=O) groups is 3. The number of carbonyl (C=O) groups excluding carboxylic acids is 2. The third-order valence-electron chi connectivity index (χ3n) is 4.16. The minimum Gasteiger partial charge on any atom is -0.477 e. The van der Waals surface area contributed by atoms with E-state index in [1.165, 1.54) is 17.2 Å². The number of nitrogens with one attached hydrogen (secondary N) is 2. The van der Waals surface area contributed by atoms with Crippen molar-refractivity contribution in [2.24, 2.45) is 5.92 Å². The van der Waals surface area contributed by atoms with E-state index in [2.05, 4.69) is 25.8 Å². The van der Waals surface area contributed by atoms with E-state index < -0.39 is 29.6 Å². The second kappa shape index (κ2) is 9.34. The molecule has 164 valence electrons. The molecule has 3 heterocycles. The van der Waals surface area contributed by atoms with E-state index in [0.717, 1.165) is 15.9 Å². The summed E-state index contributed by atoms with van der Waals surface area (Å²) in [6, 6.07) is 0.648. The molecule has 0 fully saturated rings. The van der Waals surface area contributed by atoms with E-state index in [0.29, 0.717) is 11.4 Å². The molecule has 0 radical (unpaired) electrons. The van der Waals surface area contributed by atoms with Crippen molar-refractivity contribution < 1.29 is 24.2 Å². The molecule has 3 aromatic heterocycles. The summed E-state index contributed by atoms with van der Waals surface area (Å²) in [6.45, 7) is 2.95. The number of carboxylic acid groups (broad SMARTS) is 1. The molecule has 0 spiro atoms. The van der Waals surface area contributed by atoms with Crippen molar-refractivity contribution >= 4 is 29.2 Å². The molecule has 0 aliphatic heterocycles. The van der Waals surface area contributed by atoms with Crippen LogP contribution in [0.3, 0.4) is 0 Å². The van der Waals surface area contributed by atoms with Crippen molar-refractivity contribution in [3.63, 3.8) is 0 Å². The third-order valence-corrected chi connectivity index (χ3v) is 5.05. The van der Waals surface area contributed by atoms with Gasteiger partial charge in [-0.25, -0.2) is 24.2 Å². The monoisotopic (exact) mass is 449 g/mol. The average Bonchev–Trinajstić information content (AvgIpc) is 3.45. The Kier molecular flexibility index (Phi) is 6.59. The zero-order valence-electron chi connectivity index (χ0n) is 16.5. The zero-order chi connectivity index (χ0) is 22.5. The van der Waals surface area contributed by atoms with Crippen LogP contribution < -0.4 is 11.0 Å². The minimum absolute atomic E-state index is 0.104. The fraction of sp³-hybridized carbons (Fsp3) is 0.353. The molecule has 31 heavy (non-hydrogen) atoms. The predicted octanol–water partition coefficient (Wildman–Crippen LogP) is -0.204. The van der Waals surface area contributed by atoms with Crippen molar-refractivity contribution in [1.29, 1.82) is 0 Å². The van der Waals surface area contributed by atoms with Crippen LogP contribution in [0.25, 0.3) is 5.69 Å². The van der Waals surface area contributed by atoms with Crippen LogP contribution in [-0.2, 0) is 27.5 Å². The molecule has 0 aliphatic carbocycles. The fourth-order valence-electron chi connectivity index (χ4n) is 2.61. The first-order valence-corrected chi connectivity index (χ1v) is 9.92. The molecule has 1 atom stereocenters. The normalized spacial score (nSPS) is 12.0. The van der Waals surface area contributed by atoms with E-state index in [-0.39, 0.29) is 23.9 Å². The number of esters is 1. The van der Waals surface area contributed by atoms with Crippen LogP contribution in [0.1, 0.15) is 29.2 Å². The molecular formula is C17H19N7O6S. The Labute approximate surface area is 178 Å². The number of hydrogen-bond donors (Lipinski definition) is 3. The van der Waals surface area contributed by atoms with Gasteiger partial charge < -0.3 is 15.2 Å². The van der Waals surface area contributed by atoms with Gasteiger partial charge in [-0.2, -0.15) is 5.10 Å². The van der Waals surface area contributed by atoms with Gasteiger partial charge in [-0.15, -0.1) is 16.4 Å². The second-order valence-electron chi connectivity index (χ2n) is 6.78. The number of aromatic carboxylic acids is 1. The minimum atomic E-state index is -1.08. The lowest BCUT2D eigenvalue weighted by molar-refractivity contribution is -0.150. The topological polar surface area (TPSA) is 174 Å². The Morgan fingerprint density at radius 2 is 2.13 bits per heavy atom. The summed E-state index contributed by atoms with van der Waals surface area (Å²) in [7, 11) is 0. The highest BCUT2D eigenvalue weighted by Crippen LogP contribution is 2.20. The van der Waals surface area contributed by atoms with Gasteiger partial charge in [0.05, 0.1) is 11.9 Å². The first-order valence-electron chi connectivity index (χ1n) is 9.04. The lowest BCUT2D eigenvalue weighted by atomic mass is 10.0. The number of thiophene rings is 1. The molecular weight excluding hydrogens is 430 g/mol. The number of amides is 1. The van der Waals surface area contributed by atoms with Gasteiger partial charge in [-0.05, 0) is 17.4 Å². The number of carboxylic acids is 1. The highest BCUT2D eigenvalue weighted by atomic mass is 32.1. The van der Waals surface area contributed by atoms with Crippen LogP contribution in [0, 0.1) is 5.92 Å². The lowest BCUT2D eigenvalue weighted by Gasteiger charge is -2.20. The summed E-state index contributed by atoms with van der Waals surface area (Å²) >= 11 is 1.05. The van der Waals surface area contributed by atoms with Crippen molar-refractivity contribution in [2.75, 3.05) is 0 Å². The van der Waals surface area contributed by atoms with Crippen LogP contribution in [0.2, 0.25) is 0 Å². The van der Waals surface area contributed by atoms with Crippen LogP contribution >= 0.6 is 11.3 Å². The summed E-state index contributed by atoms with van der Waals surface area (Å²) < 4.78 is 7.60. The highest BCUT2D eigenvalue weighted by molar-refractivity contribution is 7.12. The fourth-order valence-corrected chi connectivity index (χ4v) is 3.33. The summed E-state index contributed by atoms with van der Waals surface area (Å²) in [4.78, 5) is 47.5. The van der Waals surface area contributed by atoms with Crippen molar-refractivity contribution in [1.82, 2.24) is 35.1 Å². The highest BCUT2D eigenvalue weighted by Gasteiger charge is 2.26. The number of aromatic nitrogens is 6. The Bertz CT molecular complexity index is 1140.